The third kappa shape index (κ3) is 1.91. The standard InChI is InChI=1S/C11H17ClN2O/c1-7-4-3-5-8(7)11(15)10-9(12)6-13-14(10)2/h6-8,11,15H,3-5H2,1-2H3. The van der Waals surface area contributed by atoms with E-state index in [1.54, 1.807) is 10.9 Å². The van der Waals surface area contributed by atoms with Crippen molar-refractivity contribution in [2.75, 3.05) is 0 Å². The van der Waals surface area contributed by atoms with Crippen LogP contribution in [0.25, 0.3) is 0 Å². The molecule has 84 valence electrons. The van der Waals surface area contributed by atoms with Gasteiger partial charge in [0.1, 0.15) is 6.10 Å². The summed E-state index contributed by atoms with van der Waals surface area (Å²) in [5.74, 6) is 0.906. The van der Waals surface area contributed by atoms with Crippen LogP contribution in [0.1, 0.15) is 38.0 Å². The monoisotopic (exact) mass is 228 g/mol. The third-order valence-corrected chi connectivity index (χ3v) is 3.84. The minimum atomic E-state index is -0.470. The van der Waals surface area contributed by atoms with Gasteiger partial charge in [-0.1, -0.05) is 31.4 Å². The summed E-state index contributed by atoms with van der Waals surface area (Å²) >= 11 is 6.02. The Morgan fingerprint density at radius 3 is 2.80 bits per heavy atom. The normalized spacial score (nSPS) is 28.3. The Bertz CT molecular complexity index is 331. The first-order chi connectivity index (χ1) is 7.11. The van der Waals surface area contributed by atoms with Gasteiger partial charge in [-0.15, -0.1) is 0 Å². The van der Waals surface area contributed by atoms with Crippen molar-refractivity contribution >= 4 is 11.6 Å². The molecular formula is C11H17ClN2O. The maximum absolute atomic E-state index is 10.3. The second-order valence-electron chi connectivity index (χ2n) is 4.52. The molecule has 1 aliphatic rings. The largest absolute Gasteiger partial charge is 0.386 e. The molecule has 0 aromatic carbocycles. The zero-order valence-corrected chi connectivity index (χ0v) is 9.91. The second kappa shape index (κ2) is 4.14. The number of rotatable bonds is 2. The highest BCUT2D eigenvalue weighted by Gasteiger charge is 2.33. The predicted octanol–water partition coefficient (Wildman–Crippen LogP) is 2.54. The van der Waals surface area contributed by atoms with E-state index in [1.807, 2.05) is 7.05 Å². The van der Waals surface area contributed by atoms with Crippen molar-refractivity contribution in [3.63, 3.8) is 0 Å². The molecule has 15 heavy (non-hydrogen) atoms. The van der Waals surface area contributed by atoms with Crippen LogP contribution in [0.3, 0.4) is 0 Å². The van der Waals surface area contributed by atoms with E-state index >= 15 is 0 Å². The van der Waals surface area contributed by atoms with Crippen LogP contribution >= 0.6 is 11.6 Å². The van der Waals surface area contributed by atoms with Crippen LogP contribution in [0.2, 0.25) is 5.02 Å². The number of aliphatic hydroxyl groups is 1. The highest BCUT2D eigenvalue weighted by atomic mass is 35.5. The summed E-state index contributed by atoms with van der Waals surface area (Å²) < 4.78 is 1.68. The van der Waals surface area contributed by atoms with E-state index in [0.29, 0.717) is 16.9 Å². The molecule has 0 radical (unpaired) electrons. The molecule has 2 rings (SSSR count). The highest BCUT2D eigenvalue weighted by molar-refractivity contribution is 6.31. The molecule has 0 spiro atoms. The molecule has 4 heteroatoms. The number of aryl methyl sites for hydroxylation is 1. The fraction of sp³-hybridized carbons (Fsp3) is 0.727. The van der Waals surface area contributed by atoms with E-state index < -0.39 is 6.10 Å². The van der Waals surface area contributed by atoms with Gasteiger partial charge in [0.05, 0.1) is 16.9 Å². The lowest BCUT2D eigenvalue weighted by atomic mass is 9.90. The van der Waals surface area contributed by atoms with Gasteiger partial charge < -0.3 is 5.11 Å². The number of hydrogen-bond acceptors (Lipinski definition) is 2. The summed E-state index contributed by atoms with van der Waals surface area (Å²) in [6, 6.07) is 0. The summed E-state index contributed by atoms with van der Waals surface area (Å²) in [6.07, 6.45) is 4.63. The molecule has 1 fully saturated rings. The van der Waals surface area contributed by atoms with Crippen LogP contribution in [0, 0.1) is 11.8 Å². The number of nitrogens with zero attached hydrogens (tertiary/aromatic N) is 2. The van der Waals surface area contributed by atoms with Gasteiger partial charge in [-0.3, -0.25) is 4.68 Å². The molecule has 1 aliphatic carbocycles. The Kier molecular flexibility index (Phi) is 3.03. The van der Waals surface area contributed by atoms with E-state index in [-0.39, 0.29) is 0 Å². The lowest BCUT2D eigenvalue weighted by Gasteiger charge is -2.22. The molecule has 1 aromatic heterocycles. The zero-order chi connectivity index (χ0) is 11.0. The molecule has 3 nitrogen and oxygen atoms in total. The minimum Gasteiger partial charge on any atom is -0.386 e. The van der Waals surface area contributed by atoms with Crippen molar-refractivity contribution in [1.29, 1.82) is 0 Å². The lowest BCUT2D eigenvalue weighted by Crippen LogP contribution is -2.18. The molecule has 0 bridgehead atoms. The Balaban J connectivity index is 2.23. The van der Waals surface area contributed by atoms with Crippen molar-refractivity contribution in [3.8, 4) is 0 Å². The molecular weight excluding hydrogens is 212 g/mol. The average molecular weight is 229 g/mol. The topological polar surface area (TPSA) is 38.1 Å². The maximum Gasteiger partial charge on any atom is 0.100 e. The Hall–Kier alpha value is -0.540. The number of hydrogen-bond donors (Lipinski definition) is 1. The van der Waals surface area contributed by atoms with Crippen LogP contribution in [0.5, 0.6) is 0 Å². The van der Waals surface area contributed by atoms with Crippen LogP contribution in [0.15, 0.2) is 6.20 Å². The fourth-order valence-corrected chi connectivity index (χ4v) is 2.88. The fourth-order valence-electron chi connectivity index (χ4n) is 2.60. The lowest BCUT2D eigenvalue weighted by molar-refractivity contribution is 0.0827. The summed E-state index contributed by atoms with van der Waals surface area (Å²) in [5, 5.41) is 14.9. The molecule has 1 saturated carbocycles. The van der Waals surface area contributed by atoms with Crippen LogP contribution in [0.4, 0.5) is 0 Å². The molecule has 0 amide bonds. The maximum atomic E-state index is 10.3. The van der Waals surface area contributed by atoms with Crippen molar-refractivity contribution in [2.45, 2.75) is 32.3 Å². The molecule has 3 unspecified atom stereocenters. The van der Waals surface area contributed by atoms with Gasteiger partial charge in [0, 0.05) is 7.05 Å². The summed E-state index contributed by atoms with van der Waals surface area (Å²) in [4.78, 5) is 0. The van der Waals surface area contributed by atoms with Crippen molar-refractivity contribution in [2.24, 2.45) is 18.9 Å². The zero-order valence-electron chi connectivity index (χ0n) is 9.15. The van der Waals surface area contributed by atoms with E-state index in [1.165, 1.54) is 12.8 Å². The summed E-state index contributed by atoms with van der Waals surface area (Å²) in [7, 11) is 1.82. The predicted molar refractivity (Wildman–Crippen MR) is 59.7 cm³/mol. The Labute approximate surface area is 95.0 Å². The first kappa shape index (κ1) is 11.0. The van der Waals surface area contributed by atoms with E-state index in [2.05, 4.69) is 12.0 Å². The van der Waals surface area contributed by atoms with E-state index in [0.717, 1.165) is 12.1 Å². The van der Waals surface area contributed by atoms with Crippen LogP contribution in [-0.2, 0) is 7.05 Å². The summed E-state index contributed by atoms with van der Waals surface area (Å²) in [6.45, 7) is 2.20. The van der Waals surface area contributed by atoms with Gasteiger partial charge in [0.2, 0.25) is 0 Å². The van der Waals surface area contributed by atoms with Crippen molar-refractivity contribution < 1.29 is 5.11 Å². The van der Waals surface area contributed by atoms with Gasteiger partial charge in [-0.2, -0.15) is 5.10 Å². The Morgan fingerprint density at radius 1 is 1.60 bits per heavy atom. The Morgan fingerprint density at radius 2 is 2.33 bits per heavy atom. The smallest absolute Gasteiger partial charge is 0.100 e. The molecule has 3 atom stereocenters. The van der Waals surface area contributed by atoms with E-state index in [4.69, 9.17) is 11.6 Å². The second-order valence-corrected chi connectivity index (χ2v) is 4.93. The summed E-state index contributed by atoms with van der Waals surface area (Å²) in [5.41, 5.74) is 0.760. The quantitative estimate of drug-likeness (QED) is 0.845. The van der Waals surface area contributed by atoms with Crippen LogP contribution in [-0.4, -0.2) is 14.9 Å². The van der Waals surface area contributed by atoms with Crippen molar-refractivity contribution in [3.05, 3.63) is 16.9 Å². The highest BCUT2D eigenvalue weighted by Crippen LogP contribution is 2.41. The third-order valence-electron chi connectivity index (χ3n) is 3.55. The number of aliphatic hydroxyl groups excluding tert-OH is 1. The number of halogens is 1. The SMILES string of the molecule is CC1CCCC1C(O)c1c(Cl)cnn1C. The average Bonchev–Trinajstić information content (AvgIpc) is 2.73. The first-order valence-corrected chi connectivity index (χ1v) is 5.84. The first-order valence-electron chi connectivity index (χ1n) is 5.46. The van der Waals surface area contributed by atoms with E-state index in [9.17, 15) is 5.11 Å². The van der Waals surface area contributed by atoms with Crippen LogP contribution < -0.4 is 0 Å². The van der Waals surface area contributed by atoms with Gasteiger partial charge in [-0.05, 0) is 18.3 Å². The molecule has 0 saturated heterocycles. The molecule has 1 aromatic rings. The van der Waals surface area contributed by atoms with Gasteiger partial charge in [-0.25, -0.2) is 0 Å². The van der Waals surface area contributed by atoms with Gasteiger partial charge in [0.25, 0.3) is 0 Å². The van der Waals surface area contributed by atoms with Crippen molar-refractivity contribution in [1.82, 2.24) is 9.78 Å². The number of aromatic nitrogens is 2. The molecule has 1 N–H and O–H groups in total. The minimum absolute atomic E-state index is 0.331. The molecule has 1 heterocycles. The van der Waals surface area contributed by atoms with Gasteiger partial charge >= 0.3 is 0 Å². The molecule has 0 aliphatic heterocycles. The van der Waals surface area contributed by atoms with Gasteiger partial charge in [0.15, 0.2) is 0 Å².